The quantitative estimate of drug-likeness (QED) is 0.556. The van der Waals surface area contributed by atoms with Crippen LogP contribution in [0.15, 0.2) is 25.3 Å². The third-order valence-corrected chi connectivity index (χ3v) is 1.30. The van der Waals surface area contributed by atoms with Crippen LogP contribution in [0.2, 0.25) is 0 Å². The molecule has 0 bridgehead atoms. The Hall–Kier alpha value is -0.560. The number of allylic oxidation sites excluding steroid dienone is 2. The van der Waals surface area contributed by atoms with Crippen molar-refractivity contribution >= 4 is 0 Å². The highest BCUT2D eigenvalue weighted by Crippen LogP contribution is 2.08. The Balaban J connectivity index is 3.40. The highest BCUT2D eigenvalue weighted by Gasteiger charge is 1.98. The third-order valence-electron chi connectivity index (χ3n) is 1.30. The van der Waals surface area contributed by atoms with Gasteiger partial charge in [0.05, 0.1) is 0 Å². The van der Waals surface area contributed by atoms with Crippen molar-refractivity contribution in [2.45, 2.75) is 12.8 Å². The minimum atomic E-state index is 0.241. The lowest BCUT2D eigenvalue weighted by Gasteiger charge is -2.05. The van der Waals surface area contributed by atoms with Gasteiger partial charge < -0.3 is 5.11 Å². The van der Waals surface area contributed by atoms with Gasteiger partial charge in [0.2, 0.25) is 0 Å². The zero-order chi connectivity index (χ0) is 7.11. The van der Waals surface area contributed by atoms with Gasteiger partial charge in [0.1, 0.15) is 0 Å². The molecule has 0 radical (unpaired) electrons. The standard InChI is InChI=1S/C8H14O/c1-3-5-8(4-2)6-7-9/h3-4,8-9H,1-2,5-7H2. The van der Waals surface area contributed by atoms with Gasteiger partial charge in [-0.3, -0.25) is 0 Å². The first-order valence-corrected chi connectivity index (χ1v) is 3.19. The molecule has 0 saturated heterocycles. The first-order chi connectivity index (χ1) is 4.35. The molecule has 0 fully saturated rings. The van der Waals surface area contributed by atoms with Crippen molar-refractivity contribution in [1.29, 1.82) is 0 Å². The van der Waals surface area contributed by atoms with Crippen molar-refractivity contribution in [2.75, 3.05) is 6.61 Å². The van der Waals surface area contributed by atoms with E-state index in [2.05, 4.69) is 13.2 Å². The molecule has 0 heterocycles. The van der Waals surface area contributed by atoms with Crippen molar-refractivity contribution in [3.63, 3.8) is 0 Å². The number of hydrogen-bond donors (Lipinski definition) is 1. The van der Waals surface area contributed by atoms with E-state index >= 15 is 0 Å². The van der Waals surface area contributed by atoms with E-state index in [0.29, 0.717) is 5.92 Å². The van der Waals surface area contributed by atoms with Crippen LogP contribution in [-0.4, -0.2) is 11.7 Å². The largest absolute Gasteiger partial charge is 0.396 e. The molecule has 0 aromatic heterocycles. The van der Waals surface area contributed by atoms with E-state index in [9.17, 15) is 0 Å². The molecule has 1 unspecified atom stereocenters. The van der Waals surface area contributed by atoms with Gasteiger partial charge >= 0.3 is 0 Å². The van der Waals surface area contributed by atoms with Crippen LogP contribution in [0.4, 0.5) is 0 Å². The highest BCUT2D eigenvalue weighted by atomic mass is 16.2. The fourth-order valence-electron chi connectivity index (χ4n) is 0.712. The number of aliphatic hydroxyl groups is 1. The van der Waals surface area contributed by atoms with Gasteiger partial charge in [-0.15, -0.1) is 13.2 Å². The molecular formula is C8H14O. The molecule has 52 valence electrons. The Kier molecular flexibility index (Phi) is 5.23. The summed E-state index contributed by atoms with van der Waals surface area (Å²) in [5.74, 6) is 0.410. The van der Waals surface area contributed by atoms with Crippen molar-refractivity contribution < 1.29 is 5.11 Å². The summed E-state index contributed by atoms with van der Waals surface area (Å²) in [5, 5.41) is 8.51. The van der Waals surface area contributed by atoms with Crippen LogP contribution in [0, 0.1) is 5.92 Å². The topological polar surface area (TPSA) is 20.2 Å². The molecule has 0 amide bonds. The molecule has 0 aliphatic rings. The number of hydrogen-bond acceptors (Lipinski definition) is 1. The Morgan fingerprint density at radius 1 is 1.44 bits per heavy atom. The summed E-state index contributed by atoms with van der Waals surface area (Å²) in [7, 11) is 0. The third kappa shape index (κ3) is 3.98. The molecule has 1 heteroatoms. The Labute approximate surface area is 56.7 Å². The summed E-state index contributed by atoms with van der Waals surface area (Å²) in [6.45, 7) is 7.48. The SMILES string of the molecule is C=CCC(C=C)CCO. The molecular weight excluding hydrogens is 112 g/mol. The van der Waals surface area contributed by atoms with Crippen molar-refractivity contribution in [2.24, 2.45) is 5.92 Å². The van der Waals surface area contributed by atoms with Crippen LogP contribution in [0.3, 0.4) is 0 Å². The van der Waals surface area contributed by atoms with Gasteiger partial charge in [-0.05, 0) is 18.8 Å². The average Bonchev–Trinajstić information content (AvgIpc) is 1.88. The lowest BCUT2D eigenvalue weighted by atomic mass is 10.0. The van der Waals surface area contributed by atoms with Gasteiger partial charge in [0.25, 0.3) is 0 Å². The second-order valence-corrected chi connectivity index (χ2v) is 2.03. The van der Waals surface area contributed by atoms with Gasteiger partial charge in [0.15, 0.2) is 0 Å². The molecule has 1 atom stereocenters. The molecule has 0 aromatic carbocycles. The summed E-state index contributed by atoms with van der Waals surface area (Å²) in [6.07, 6.45) is 5.43. The molecule has 1 N–H and O–H groups in total. The molecule has 0 rings (SSSR count). The summed E-state index contributed by atoms with van der Waals surface area (Å²) >= 11 is 0. The minimum absolute atomic E-state index is 0.241. The van der Waals surface area contributed by atoms with Crippen molar-refractivity contribution in [3.8, 4) is 0 Å². The smallest absolute Gasteiger partial charge is 0.0436 e. The van der Waals surface area contributed by atoms with Crippen LogP contribution >= 0.6 is 0 Å². The Morgan fingerprint density at radius 3 is 2.44 bits per heavy atom. The fraction of sp³-hybridized carbons (Fsp3) is 0.500. The molecule has 0 aliphatic heterocycles. The summed E-state index contributed by atoms with van der Waals surface area (Å²) < 4.78 is 0. The number of rotatable bonds is 5. The number of aliphatic hydroxyl groups excluding tert-OH is 1. The average molecular weight is 126 g/mol. The Morgan fingerprint density at radius 2 is 2.11 bits per heavy atom. The van der Waals surface area contributed by atoms with Crippen molar-refractivity contribution in [1.82, 2.24) is 0 Å². The van der Waals surface area contributed by atoms with Crippen LogP contribution in [0.5, 0.6) is 0 Å². The van der Waals surface area contributed by atoms with Gasteiger partial charge in [-0.1, -0.05) is 12.2 Å². The predicted molar refractivity (Wildman–Crippen MR) is 40.2 cm³/mol. The van der Waals surface area contributed by atoms with Gasteiger partial charge in [-0.25, -0.2) is 0 Å². The van der Waals surface area contributed by atoms with Gasteiger partial charge in [0, 0.05) is 6.61 Å². The van der Waals surface area contributed by atoms with E-state index in [4.69, 9.17) is 5.11 Å². The molecule has 0 aromatic rings. The van der Waals surface area contributed by atoms with Gasteiger partial charge in [-0.2, -0.15) is 0 Å². The maximum atomic E-state index is 8.51. The molecule has 0 saturated carbocycles. The fourth-order valence-corrected chi connectivity index (χ4v) is 0.712. The van der Waals surface area contributed by atoms with Crippen molar-refractivity contribution in [3.05, 3.63) is 25.3 Å². The molecule has 0 spiro atoms. The van der Waals surface area contributed by atoms with E-state index in [1.807, 2.05) is 12.2 Å². The molecule has 0 aliphatic carbocycles. The zero-order valence-electron chi connectivity index (χ0n) is 5.71. The lowest BCUT2D eigenvalue weighted by Crippen LogP contribution is -1.96. The predicted octanol–water partition coefficient (Wildman–Crippen LogP) is 1.75. The maximum Gasteiger partial charge on any atom is 0.0436 e. The second kappa shape index (κ2) is 5.57. The van der Waals surface area contributed by atoms with E-state index in [1.165, 1.54) is 0 Å². The molecule has 1 nitrogen and oxygen atoms in total. The van der Waals surface area contributed by atoms with Crippen LogP contribution in [-0.2, 0) is 0 Å². The monoisotopic (exact) mass is 126 g/mol. The first-order valence-electron chi connectivity index (χ1n) is 3.19. The molecule has 9 heavy (non-hydrogen) atoms. The summed E-state index contributed by atoms with van der Waals surface area (Å²) in [6, 6.07) is 0. The van der Waals surface area contributed by atoms with Crippen LogP contribution in [0.25, 0.3) is 0 Å². The normalized spacial score (nSPS) is 12.6. The summed E-state index contributed by atoms with van der Waals surface area (Å²) in [5.41, 5.74) is 0. The van der Waals surface area contributed by atoms with E-state index in [-0.39, 0.29) is 6.61 Å². The first kappa shape index (κ1) is 8.44. The van der Waals surface area contributed by atoms with E-state index < -0.39 is 0 Å². The van der Waals surface area contributed by atoms with E-state index in [0.717, 1.165) is 12.8 Å². The zero-order valence-corrected chi connectivity index (χ0v) is 5.71. The van der Waals surface area contributed by atoms with Crippen LogP contribution < -0.4 is 0 Å². The summed E-state index contributed by atoms with van der Waals surface area (Å²) in [4.78, 5) is 0. The Bertz CT molecular complexity index is 86.6. The maximum absolute atomic E-state index is 8.51. The lowest BCUT2D eigenvalue weighted by molar-refractivity contribution is 0.270. The van der Waals surface area contributed by atoms with E-state index in [1.54, 1.807) is 0 Å². The van der Waals surface area contributed by atoms with Crippen LogP contribution in [0.1, 0.15) is 12.8 Å². The second-order valence-electron chi connectivity index (χ2n) is 2.03. The highest BCUT2D eigenvalue weighted by molar-refractivity contribution is 4.84. The minimum Gasteiger partial charge on any atom is -0.396 e.